The molecule has 0 aromatic carbocycles. The molecule has 0 N–H and O–H groups in total. The van der Waals surface area contributed by atoms with Crippen LogP contribution in [0, 0.1) is 0 Å². The second kappa shape index (κ2) is 6.11. The summed E-state index contributed by atoms with van der Waals surface area (Å²) in [5.41, 5.74) is 0. The standard InChI is InChI=1S/C6H15BO2/c1-4-7(8-5-2)9-6-3/h4-6H2,1-3H3. The van der Waals surface area contributed by atoms with E-state index in [1.807, 2.05) is 13.8 Å². The minimum atomic E-state index is 0.0139. The molecule has 9 heavy (non-hydrogen) atoms. The maximum absolute atomic E-state index is 5.21. The van der Waals surface area contributed by atoms with Crippen molar-refractivity contribution in [2.45, 2.75) is 27.1 Å². The Labute approximate surface area is 57.7 Å². The first-order valence-corrected chi connectivity index (χ1v) is 3.58. The first-order valence-electron chi connectivity index (χ1n) is 3.58. The Morgan fingerprint density at radius 1 is 1.00 bits per heavy atom. The predicted octanol–water partition coefficient (Wildman–Crippen LogP) is 1.57. The van der Waals surface area contributed by atoms with Crippen molar-refractivity contribution < 1.29 is 9.31 Å². The van der Waals surface area contributed by atoms with Crippen LogP contribution in [0.4, 0.5) is 0 Å². The minimum absolute atomic E-state index is 0.0139. The third-order valence-corrected chi connectivity index (χ3v) is 1.04. The molecule has 0 heterocycles. The van der Waals surface area contributed by atoms with Gasteiger partial charge >= 0.3 is 7.12 Å². The second-order valence-electron chi connectivity index (χ2n) is 1.75. The summed E-state index contributed by atoms with van der Waals surface area (Å²) in [6, 6.07) is 0. The number of hydrogen-bond donors (Lipinski definition) is 0. The van der Waals surface area contributed by atoms with Gasteiger partial charge in [0, 0.05) is 13.2 Å². The van der Waals surface area contributed by atoms with Gasteiger partial charge in [-0.25, -0.2) is 0 Å². The Kier molecular flexibility index (Phi) is 6.10. The van der Waals surface area contributed by atoms with Gasteiger partial charge in [0.2, 0.25) is 0 Å². The van der Waals surface area contributed by atoms with Crippen LogP contribution in [0.5, 0.6) is 0 Å². The van der Waals surface area contributed by atoms with Crippen molar-refractivity contribution in [3.63, 3.8) is 0 Å². The van der Waals surface area contributed by atoms with Crippen molar-refractivity contribution >= 4 is 7.12 Å². The highest BCUT2D eigenvalue weighted by atomic mass is 16.6. The highest BCUT2D eigenvalue weighted by Gasteiger charge is 2.11. The van der Waals surface area contributed by atoms with Gasteiger partial charge in [0.05, 0.1) is 0 Å². The van der Waals surface area contributed by atoms with E-state index in [9.17, 15) is 0 Å². The lowest BCUT2D eigenvalue weighted by Crippen LogP contribution is -2.21. The smallest absolute Gasteiger partial charge is 0.411 e. The summed E-state index contributed by atoms with van der Waals surface area (Å²) >= 11 is 0. The summed E-state index contributed by atoms with van der Waals surface area (Å²) in [5.74, 6) is 0. The van der Waals surface area contributed by atoms with Crippen LogP contribution in [0.2, 0.25) is 6.32 Å². The lowest BCUT2D eigenvalue weighted by atomic mass is 9.86. The van der Waals surface area contributed by atoms with E-state index in [4.69, 9.17) is 9.31 Å². The average Bonchev–Trinajstić information content (AvgIpc) is 1.88. The lowest BCUT2D eigenvalue weighted by Gasteiger charge is -2.08. The molecule has 3 heteroatoms. The maximum atomic E-state index is 5.21. The van der Waals surface area contributed by atoms with Gasteiger partial charge in [-0.3, -0.25) is 0 Å². The molecule has 0 aliphatic rings. The van der Waals surface area contributed by atoms with Crippen LogP contribution in [-0.2, 0) is 9.31 Å². The fourth-order valence-corrected chi connectivity index (χ4v) is 0.656. The molecule has 0 fully saturated rings. The summed E-state index contributed by atoms with van der Waals surface area (Å²) in [7, 11) is 0.0139. The highest BCUT2D eigenvalue weighted by molar-refractivity contribution is 6.44. The van der Waals surface area contributed by atoms with Crippen LogP contribution < -0.4 is 0 Å². The zero-order valence-corrected chi connectivity index (χ0v) is 6.52. The Bertz CT molecular complexity index is 53.0. The molecule has 0 saturated heterocycles. The van der Waals surface area contributed by atoms with E-state index < -0.39 is 0 Å². The van der Waals surface area contributed by atoms with Crippen molar-refractivity contribution in [3.8, 4) is 0 Å². The average molecular weight is 130 g/mol. The number of rotatable bonds is 5. The quantitative estimate of drug-likeness (QED) is 0.526. The van der Waals surface area contributed by atoms with E-state index in [0.29, 0.717) is 0 Å². The topological polar surface area (TPSA) is 18.5 Å². The second-order valence-corrected chi connectivity index (χ2v) is 1.75. The van der Waals surface area contributed by atoms with Gasteiger partial charge in [-0.2, -0.15) is 0 Å². The summed E-state index contributed by atoms with van der Waals surface area (Å²) in [6.07, 6.45) is 0.932. The summed E-state index contributed by atoms with van der Waals surface area (Å²) < 4.78 is 10.4. The zero-order chi connectivity index (χ0) is 7.11. The fourth-order valence-electron chi connectivity index (χ4n) is 0.656. The summed E-state index contributed by atoms with van der Waals surface area (Å²) in [4.78, 5) is 0. The Hall–Kier alpha value is -0.0151. The zero-order valence-electron chi connectivity index (χ0n) is 6.52. The minimum Gasteiger partial charge on any atom is -0.411 e. The highest BCUT2D eigenvalue weighted by Crippen LogP contribution is 1.94. The van der Waals surface area contributed by atoms with Gasteiger partial charge in [0.1, 0.15) is 0 Å². The van der Waals surface area contributed by atoms with Gasteiger partial charge in [-0.1, -0.05) is 6.92 Å². The Balaban J connectivity index is 3.18. The van der Waals surface area contributed by atoms with Crippen molar-refractivity contribution in [1.82, 2.24) is 0 Å². The van der Waals surface area contributed by atoms with Gasteiger partial charge < -0.3 is 9.31 Å². The predicted molar refractivity (Wildman–Crippen MR) is 39.5 cm³/mol. The summed E-state index contributed by atoms with van der Waals surface area (Å²) in [5, 5.41) is 0. The molecule has 0 rings (SSSR count). The number of hydrogen-bond acceptors (Lipinski definition) is 2. The van der Waals surface area contributed by atoms with Crippen molar-refractivity contribution in [1.29, 1.82) is 0 Å². The first-order chi connectivity index (χ1) is 4.35. The molecule has 0 aliphatic heterocycles. The van der Waals surface area contributed by atoms with Gasteiger partial charge in [0.15, 0.2) is 0 Å². The molecule has 0 saturated carbocycles. The molecule has 0 amide bonds. The third-order valence-electron chi connectivity index (χ3n) is 1.04. The molecule has 0 bridgehead atoms. The normalized spacial score (nSPS) is 9.67. The van der Waals surface area contributed by atoms with Gasteiger partial charge in [0.25, 0.3) is 0 Å². The van der Waals surface area contributed by atoms with Crippen molar-refractivity contribution in [3.05, 3.63) is 0 Å². The van der Waals surface area contributed by atoms with Gasteiger partial charge in [-0.05, 0) is 20.2 Å². The van der Waals surface area contributed by atoms with Gasteiger partial charge in [-0.15, -0.1) is 0 Å². The molecule has 0 radical (unpaired) electrons. The third kappa shape index (κ3) is 4.49. The molecule has 0 unspecified atom stereocenters. The van der Waals surface area contributed by atoms with E-state index in [2.05, 4.69) is 6.92 Å². The van der Waals surface area contributed by atoms with E-state index in [1.54, 1.807) is 0 Å². The van der Waals surface area contributed by atoms with E-state index in [1.165, 1.54) is 0 Å². The Morgan fingerprint density at radius 2 is 1.44 bits per heavy atom. The molecule has 0 atom stereocenters. The molecule has 0 aromatic rings. The van der Waals surface area contributed by atoms with E-state index in [-0.39, 0.29) is 7.12 Å². The maximum Gasteiger partial charge on any atom is 0.456 e. The van der Waals surface area contributed by atoms with Crippen molar-refractivity contribution in [2.24, 2.45) is 0 Å². The molecular formula is C6H15BO2. The monoisotopic (exact) mass is 130 g/mol. The van der Waals surface area contributed by atoms with Crippen LogP contribution in [-0.4, -0.2) is 20.3 Å². The lowest BCUT2D eigenvalue weighted by molar-refractivity contribution is 0.214. The van der Waals surface area contributed by atoms with E-state index >= 15 is 0 Å². The molecule has 0 spiro atoms. The van der Waals surface area contributed by atoms with Crippen LogP contribution >= 0.6 is 0 Å². The van der Waals surface area contributed by atoms with Crippen LogP contribution in [0.1, 0.15) is 20.8 Å². The Morgan fingerprint density at radius 3 is 1.67 bits per heavy atom. The van der Waals surface area contributed by atoms with E-state index in [0.717, 1.165) is 19.5 Å². The molecule has 2 nitrogen and oxygen atoms in total. The van der Waals surface area contributed by atoms with Crippen LogP contribution in [0.15, 0.2) is 0 Å². The SMILES string of the molecule is CCOB(CC)OCC. The van der Waals surface area contributed by atoms with Crippen molar-refractivity contribution in [2.75, 3.05) is 13.2 Å². The molecule has 0 aromatic heterocycles. The first kappa shape index (κ1) is 8.98. The van der Waals surface area contributed by atoms with Crippen LogP contribution in [0.3, 0.4) is 0 Å². The largest absolute Gasteiger partial charge is 0.456 e. The fraction of sp³-hybridized carbons (Fsp3) is 1.00. The molecule has 0 aliphatic carbocycles. The van der Waals surface area contributed by atoms with Crippen LogP contribution in [0.25, 0.3) is 0 Å². The molecule has 54 valence electrons. The summed E-state index contributed by atoms with van der Waals surface area (Å²) in [6.45, 7) is 7.47. The molecular weight excluding hydrogens is 115 g/mol.